The fraction of sp³-hybridized carbons (Fsp3) is 0.417. The lowest BCUT2D eigenvalue weighted by atomic mass is 10.1. The van der Waals surface area contributed by atoms with Gasteiger partial charge in [-0.1, -0.05) is 48.9 Å². The molecular formula is C24H31NO3S. The van der Waals surface area contributed by atoms with Crippen LogP contribution < -0.4 is 5.32 Å². The summed E-state index contributed by atoms with van der Waals surface area (Å²) in [5, 5.41) is 15.0. The molecular weight excluding hydrogens is 382 g/mol. The van der Waals surface area contributed by atoms with E-state index in [1.807, 2.05) is 12.1 Å². The normalized spacial score (nSPS) is 12.4. The number of carboxylic acids is 1. The first-order valence-electron chi connectivity index (χ1n) is 10.3. The third-order valence-electron chi connectivity index (χ3n) is 4.70. The van der Waals surface area contributed by atoms with E-state index in [1.54, 1.807) is 11.8 Å². The van der Waals surface area contributed by atoms with Gasteiger partial charge in [-0.25, -0.2) is 0 Å². The average molecular weight is 414 g/mol. The zero-order valence-electron chi connectivity index (χ0n) is 16.9. The number of aliphatic carboxylic acids is 1. The van der Waals surface area contributed by atoms with Crippen molar-refractivity contribution in [1.29, 1.82) is 0 Å². The number of nitrogens with one attached hydrogen (secondary N) is 1. The summed E-state index contributed by atoms with van der Waals surface area (Å²) in [5.41, 5.74) is 0. The molecule has 2 rings (SSSR count). The monoisotopic (exact) mass is 413 g/mol. The highest BCUT2D eigenvalue weighted by Gasteiger charge is 2.13. The van der Waals surface area contributed by atoms with Crippen molar-refractivity contribution in [2.24, 2.45) is 0 Å². The van der Waals surface area contributed by atoms with Crippen LogP contribution >= 0.6 is 11.8 Å². The third kappa shape index (κ3) is 9.77. The predicted octanol–water partition coefficient (Wildman–Crippen LogP) is 5.46. The second kappa shape index (κ2) is 14.0. The van der Waals surface area contributed by atoms with Gasteiger partial charge in [-0.2, -0.15) is 0 Å². The molecule has 0 aliphatic rings. The number of hydrogen-bond acceptors (Lipinski definition) is 4. The van der Waals surface area contributed by atoms with Gasteiger partial charge in [0.1, 0.15) is 6.29 Å². The van der Waals surface area contributed by atoms with Gasteiger partial charge in [-0.3, -0.25) is 4.79 Å². The van der Waals surface area contributed by atoms with Crippen LogP contribution in [0, 0.1) is 0 Å². The molecule has 0 fully saturated rings. The zero-order chi connectivity index (χ0) is 20.7. The first-order chi connectivity index (χ1) is 14.2. The van der Waals surface area contributed by atoms with E-state index in [2.05, 4.69) is 47.8 Å². The molecule has 0 aliphatic carbocycles. The molecule has 0 radical (unpaired) electrons. The zero-order valence-corrected chi connectivity index (χ0v) is 17.7. The summed E-state index contributed by atoms with van der Waals surface area (Å²) in [4.78, 5) is 22.6. The van der Waals surface area contributed by atoms with Gasteiger partial charge in [0.2, 0.25) is 0 Å². The molecule has 2 aromatic rings. The van der Waals surface area contributed by atoms with Crippen LogP contribution in [0.5, 0.6) is 0 Å². The molecule has 0 unspecified atom stereocenters. The molecule has 4 nitrogen and oxygen atoms in total. The highest BCUT2D eigenvalue weighted by molar-refractivity contribution is 7.99. The van der Waals surface area contributed by atoms with Crippen LogP contribution in [0.25, 0.3) is 10.8 Å². The Morgan fingerprint density at radius 1 is 1.00 bits per heavy atom. The van der Waals surface area contributed by atoms with E-state index in [0.29, 0.717) is 6.42 Å². The number of carbonyl (C=O) groups is 2. The third-order valence-corrected chi connectivity index (χ3v) is 5.85. The summed E-state index contributed by atoms with van der Waals surface area (Å²) in [5.74, 6) is -0.0436. The van der Waals surface area contributed by atoms with Crippen molar-refractivity contribution >= 4 is 34.8 Å². The van der Waals surface area contributed by atoms with Crippen molar-refractivity contribution < 1.29 is 14.7 Å². The first-order valence-corrected chi connectivity index (χ1v) is 11.3. The highest BCUT2D eigenvalue weighted by atomic mass is 32.2. The standard InChI is InChI=1S/C24H31NO3S/c26-16-10-6-4-2-1-3-5-9-15-25-22(18-24(27)28)19-29-23-14-13-20-11-7-8-12-21(20)17-23/h3,5,7-8,11-14,16-17,22,25H,1-2,4,6,9-10,15,18-19H2,(H,27,28)/b5-3+/t22-/m0/s1. The summed E-state index contributed by atoms with van der Waals surface area (Å²) in [7, 11) is 0. The predicted molar refractivity (Wildman–Crippen MR) is 122 cm³/mol. The minimum Gasteiger partial charge on any atom is -0.481 e. The Bertz CT molecular complexity index is 791. The highest BCUT2D eigenvalue weighted by Crippen LogP contribution is 2.24. The molecule has 0 bridgehead atoms. The van der Waals surface area contributed by atoms with E-state index < -0.39 is 5.97 Å². The van der Waals surface area contributed by atoms with E-state index in [9.17, 15) is 14.7 Å². The van der Waals surface area contributed by atoms with Crippen LogP contribution in [0.2, 0.25) is 0 Å². The van der Waals surface area contributed by atoms with Crippen molar-refractivity contribution in [2.45, 2.75) is 55.9 Å². The molecule has 2 aromatic carbocycles. The van der Waals surface area contributed by atoms with Crippen molar-refractivity contribution in [3.63, 3.8) is 0 Å². The number of benzene rings is 2. The minimum absolute atomic E-state index is 0.0549. The van der Waals surface area contributed by atoms with Crippen LogP contribution in [-0.4, -0.2) is 35.7 Å². The van der Waals surface area contributed by atoms with Gasteiger partial charge < -0.3 is 15.2 Å². The largest absolute Gasteiger partial charge is 0.481 e. The maximum Gasteiger partial charge on any atom is 0.304 e. The maximum absolute atomic E-state index is 11.2. The van der Waals surface area contributed by atoms with Gasteiger partial charge in [0, 0.05) is 23.1 Å². The summed E-state index contributed by atoms with van der Waals surface area (Å²) < 4.78 is 0. The van der Waals surface area contributed by atoms with E-state index in [1.165, 1.54) is 10.8 Å². The SMILES string of the molecule is O=CCCCCC/C=C/CCN[C@H](CSc1ccc2ccccc2c1)CC(=O)O. The fourth-order valence-electron chi connectivity index (χ4n) is 3.13. The number of rotatable bonds is 15. The number of aldehydes is 1. The Hall–Kier alpha value is -2.11. The van der Waals surface area contributed by atoms with Crippen LogP contribution in [0.4, 0.5) is 0 Å². The molecule has 0 amide bonds. The molecule has 29 heavy (non-hydrogen) atoms. The Morgan fingerprint density at radius 3 is 2.55 bits per heavy atom. The summed E-state index contributed by atoms with van der Waals surface area (Å²) in [6, 6.07) is 14.6. The van der Waals surface area contributed by atoms with E-state index >= 15 is 0 Å². The lowest BCUT2D eigenvalue weighted by Crippen LogP contribution is -2.34. The molecule has 0 spiro atoms. The van der Waals surface area contributed by atoms with Gasteiger partial charge in [0.05, 0.1) is 6.42 Å². The van der Waals surface area contributed by atoms with E-state index in [-0.39, 0.29) is 12.5 Å². The fourth-order valence-corrected chi connectivity index (χ4v) is 4.13. The molecule has 0 aliphatic heterocycles. The van der Waals surface area contributed by atoms with Gasteiger partial charge in [0.25, 0.3) is 0 Å². The topological polar surface area (TPSA) is 66.4 Å². The maximum atomic E-state index is 11.2. The molecule has 0 aromatic heterocycles. The lowest BCUT2D eigenvalue weighted by molar-refractivity contribution is -0.137. The average Bonchev–Trinajstić information content (AvgIpc) is 2.72. The molecule has 156 valence electrons. The molecule has 5 heteroatoms. The van der Waals surface area contributed by atoms with Gasteiger partial charge in [0.15, 0.2) is 0 Å². The van der Waals surface area contributed by atoms with Crippen molar-refractivity contribution in [1.82, 2.24) is 5.32 Å². The number of carbonyl (C=O) groups excluding carboxylic acids is 1. The Labute approximate surface area is 177 Å². The van der Waals surface area contributed by atoms with Crippen molar-refractivity contribution in [3.05, 3.63) is 54.6 Å². The summed E-state index contributed by atoms with van der Waals surface area (Å²) in [6.07, 6.45) is 11.2. The quantitative estimate of drug-likeness (QED) is 0.176. The van der Waals surface area contributed by atoms with E-state index in [4.69, 9.17) is 0 Å². The molecule has 0 heterocycles. The van der Waals surface area contributed by atoms with Gasteiger partial charge in [-0.05, 0) is 55.1 Å². The Kier molecular flexibility index (Phi) is 11.2. The van der Waals surface area contributed by atoms with Crippen LogP contribution in [0.3, 0.4) is 0 Å². The molecule has 0 saturated heterocycles. The number of carboxylic acid groups (broad SMARTS) is 1. The van der Waals surface area contributed by atoms with E-state index in [0.717, 1.165) is 55.6 Å². The molecule has 2 N–H and O–H groups in total. The van der Waals surface area contributed by atoms with Gasteiger partial charge in [-0.15, -0.1) is 11.8 Å². The second-order valence-corrected chi connectivity index (χ2v) is 8.23. The van der Waals surface area contributed by atoms with Crippen LogP contribution in [0.15, 0.2) is 59.5 Å². The first kappa shape index (κ1) is 23.2. The van der Waals surface area contributed by atoms with Crippen LogP contribution in [0.1, 0.15) is 44.9 Å². The van der Waals surface area contributed by atoms with Crippen LogP contribution in [-0.2, 0) is 9.59 Å². The van der Waals surface area contributed by atoms with Crippen molar-refractivity contribution in [3.8, 4) is 0 Å². The smallest absolute Gasteiger partial charge is 0.304 e. The molecule has 1 atom stereocenters. The number of thioether (sulfide) groups is 1. The number of unbranched alkanes of at least 4 members (excludes halogenated alkanes) is 4. The number of allylic oxidation sites excluding steroid dienone is 1. The number of hydrogen-bond donors (Lipinski definition) is 2. The van der Waals surface area contributed by atoms with Gasteiger partial charge >= 0.3 is 5.97 Å². The summed E-state index contributed by atoms with van der Waals surface area (Å²) in [6.45, 7) is 0.776. The van der Waals surface area contributed by atoms with Crippen molar-refractivity contribution in [2.75, 3.05) is 12.3 Å². The lowest BCUT2D eigenvalue weighted by Gasteiger charge is -2.16. The Balaban J connectivity index is 1.71. The second-order valence-electron chi connectivity index (χ2n) is 7.13. The number of fused-ring (bicyclic) bond motifs is 1. The Morgan fingerprint density at radius 2 is 1.76 bits per heavy atom. The molecule has 0 saturated carbocycles. The minimum atomic E-state index is -0.771. The summed E-state index contributed by atoms with van der Waals surface area (Å²) >= 11 is 1.70.